The molecule has 1 aromatic rings. The molecule has 1 aliphatic heterocycles. The number of hydrogen-bond acceptors (Lipinski definition) is 2. The van der Waals surface area contributed by atoms with Gasteiger partial charge in [0.25, 0.3) is 0 Å². The van der Waals surface area contributed by atoms with Crippen molar-refractivity contribution in [3.63, 3.8) is 0 Å². The average molecular weight is 247 g/mol. The number of piperidine rings is 1. The van der Waals surface area contributed by atoms with Gasteiger partial charge >= 0.3 is 0 Å². The monoisotopic (exact) mass is 247 g/mol. The summed E-state index contributed by atoms with van der Waals surface area (Å²) in [6, 6.07) is 10.7. The highest BCUT2D eigenvalue weighted by Crippen LogP contribution is 2.20. The lowest BCUT2D eigenvalue weighted by molar-refractivity contribution is 0.0249. The Hall–Kier alpha value is -0.860. The summed E-state index contributed by atoms with van der Waals surface area (Å²) in [5, 5.41) is 9.86. The minimum absolute atomic E-state index is 0.0691. The molecule has 1 aliphatic rings. The summed E-state index contributed by atoms with van der Waals surface area (Å²) in [7, 11) is 0. The molecule has 1 heterocycles. The van der Waals surface area contributed by atoms with E-state index >= 15 is 0 Å². The van der Waals surface area contributed by atoms with Gasteiger partial charge < -0.3 is 10.0 Å². The molecule has 1 aromatic carbocycles. The van der Waals surface area contributed by atoms with E-state index in [1.54, 1.807) is 0 Å². The minimum Gasteiger partial charge on any atom is -0.393 e. The summed E-state index contributed by atoms with van der Waals surface area (Å²) < 4.78 is 0. The number of aliphatic hydroxyl groups is 1. The van der Waals surface area contributed by atoms with E-state index in [2.05, 4.69) is 42.2 Å². The van der Waals surface area contributed by atoms with Crippen LogP contribution in [0.1, 0.15) is 31.7 Å². The Bertz CT molecular complexity index is 338. The number of hydrogen-bond donors (Lipinski definition) is 1. The molecule has 2 atom stereocenters. The first-order valence-corrected chi connectivity index (χ1v) is 7.24. The normalized spacial score (nSPS) is 25.2. The van der Waals surface area contributed by atoms with E-state index < -0.39 is 0 Å². The second kappa shape index (κ2) is 6.91. The Morgan fingerprint density at radius 3 is 2.78 bits per heavy atom. The van der Waals surface area contributed by atoms with Gasteiger partial charge in [0.2, 0.25) is 0 Å². The molecule has 1 saturated heterocycles. The standard InChI is InChI=1S/C16H25NO/c1-2-15-13-17(12-10-16(15)18)11-6-9-14-7-4-3-5-8-14/h3-5,7-8,15-16,18H,2,6,9-13H2,1H3. The zero-order valence-corrected chi connectivity index (χ0v) is 11.4. The van der Waals surface area contributed by atoms with Crippen LogP contribution in [0.5, 0.6) is 0 Å². The molecule has 0 aromatic heterocycles. The van der Waals surface area contributed by atoms with Crippen molar-refractivity contribution in [2.24, 2.45) is 5.92 Å². The van der Waals surface area contributed by atoms with Gasteiger partial charge in [0.05, 0.1) is 6.10 Å². The van der Waals surface area contributed by atoms with Crippen molar-refractivity contribution < 1.29 is 5.11 Å². The fourth-order valence-corrected chi connectivity index (χ4v) is 2.85. The van der Waals surface area contributed by atoms with Crippen molar-refractivity contribution in [2.75, 3.05) is 19.6 Å². The van der Waals surface area contributed by atoms with Crippen molar-refractivity contribution >= 4 is 0 Å². The van der Waals surface area contributed by atoms with E-state index in [-0.39, 0.29) is 6.10 Å². The molecule has 0 radical (unpaired) electrons. The van der Waals surface area contributed by atoms with Crippen molar-refractivity contribution in [1.29, 1.82) is 0 Å². The number of aryl methyl sites for hydroxylation is 1. The van der Waals surface area contributed by atoms with Crippen LogP contribution in [-0.2, 0) is 6.42 Å². The maximum absolute atomic E-state index is 9.86. The highest BCUT2D eigenvalue weighted by atomic mass is 16.3. The summed E-state index contributed by atoms with van der Waals surface area (Å²) in [5.41, 5.74) is 1.43. The van der Waals surface area contributed by atoms with Gasteiger partial charge in [-0.1, -0.05) is 37.3 Å². The molecule has 1 N–H and O–H groups in total. The van der Waals surface area contributed by atoms with Crippen LogP contribution in [0.2, 0.25) is 0 Å². The van der Waals surface area contributed by atoms with Gasteiger partial charge in [-0.3, -0.25) is 0 Å². The lowest BCUT2D eigenvalue weighted by Gasteiger charge is -2.35. The third-order valence-corrected chi connectivity index (χ3v) is 4.08. The number of benzene rings is 1. The first-order valence-electron chi connectivity index (χ1n) is 7.24. The first kappa shape index (κ1) is 13.6. The van der Waals surface area contributed by atoms with Gasteiger partial charge in [-0.15, -0.1) is 0 Å². The van der Waals surface area contributed by atoms with Gasteiger partial charge in [0.1, 0.15) is 0 Å². The second-order valence-electron chi connectivity index (χ2n) is 5.41. The van der Waals surface area contributed by atoms with E-state index in [0.717, 1.165) is 38.9 Å². The molecule has 0 spiro atoms. The van der Waals surface area contributed by atoms with Crippen LogP contribution in [-0.4, -0.2) is 35.7 Å². The van der Waals surface area contributed by atoms with Crippen LogP contribution in [0.25, 0.3) is 0 Å². The van der Waals surface area contributed by atoms with Gasteiger partial charge in [-0.25, -0.2) is 0 Å². The number of rotatable bonds is 5. The highest BCUT2D eigenvalue weighted by Gasteiger charge is 2.25. The molecule has 18 heavy (non-hydrogen) atoms. The predicted octanol–water partition coefficient (Wildman–Crippen LogP) is 2.71. The maximum atomic E-state index is 9.86. The SMILES string of the molecule is CCC1CN(CCCc2ccccc2)CCC1O. The van der Waals surface area contributed by atoms with Gasteiger partial charge in [0.15, 0.2) is 0 Å². The largest absolute Gasteiger partial charge is 0.393 e. The molecule has 2 unspecified atom stereocenters. The number of aliphatic hydroxyl groups excluding tert-OH is 1. The Kier molecular flexibility index (Phi) is 5.21. The highest BCUT2D eigenvalue weighted by molar-refractivity contribution is 5.14. The van der Waals surface area contributed by atoms with Crippen molar-refractivity contribution in [1.82, 2.24) is 4.90 Å². The van der Waals surface area contributed by atoms with Crippen molar-refractivity contribution in [3.05, 3.63) is 35.9 Å². The molecule has 0 bridgehead atoms. The van der Waals surface area contributed by atoms with Crippen molar-refractivity contribution in [2.45, 2.75) is 38.7 Å². The first-order chi connectivity index (χ1) is 8.79. The maximum Gasteiger partial charge on any atom is 0.0592 e. The summed E-state index contributed by atoms with van der Waals surface area (Å²) in [4.78, 5) is 2.52. The van der Waals surface area contributed by atoms with Crippen LogP contribution in [0.15, 0.2) is 30.3 Å². The molecule has 2 nitrogen and oxygen atoms in total. The van der Waals surface area contributed by atoms with Crippen LogP contribution in [0, 0.1) is 5.92 Å². The zero-order chi connectivity index (χ0) is 12.8. The van der Waals surface area contributed by atoms with Gasteiger partial charge in [-0.2, -0.15) is 0 Å². The fraction of sp³-hybridized carbons (Fsp3) is 0.625. The fourth-order valence-electron chi connectivity index (χ4n) is 2.85. The van der Waals surface area contributed by atoms with Gasteiger partial charge in [-0.05, 0) is 43.7 Å². The Labute approximate surface area is 111 Å². The number of likely N-dealkylation sites (tertiary alicyclic amines) is 1. The van der Waals surface area contributed by atoms with Crippen LogP contribution in [0.4, 0.5) is 0 Å². The zero-order valence-electron chi connectivity index (χ0n) is 11.4. The molecule has 100 valence electrons. The van der Waals surface area contributed by atoms with Crippen LogP contribution >= 0.6 is 0 Å². The van der Waals surface area contributed by atoms with Crippen molar-refractivity contribution in [3.8, 4) is 0 Å². The smallest absolute Gasteiger partial charge is 0.0592 e. The quantitative estimate of drug-likeness (QED) is 0.865. The summed E-state index contributed by atoms with van der Waals surface area (Å²) >= 11 is 0. The topological polar surface area (TPSA) is 23.5 Å². The minimum atomic E-state index is -0.0691. The Balaban J connectivity index is 1.71. The van der Waals surface area contributed by atoms with Crippen LogP contribution < -0.4 is 0 Å². The lowest BCUT2D eigenvalue weighted by Crippen LogP contribution is -2.43. The van der Waals surface area contributed by atoms with E-state index in [0.29, 0.717) is 5.92 Å². The third-order valence-electron chi connectivity index (χ3n) is 4.08. The summed E-state index contributed by atoms with van der Waals surface area (Å²) in [5.74, 6) is 0.482. The van der Waals surface area contributed by atoms with Gasteiger partial charge in [0, 0.05) is 13.1 Å². The molecule has 0 saturated carbocycles. The average Bonchev–Trinajstić information content (AvgIpc) is 2.42. The molecular weight excluding hydrogens is 222 g/mol. The molecule has 0 aliphatic carbocycles. The molecule has 1 fully saturated rings. The van der Waals surface area contributed by atoms with E-state index in [9.17, 15) is 5.11 Å². The summed E-state index contributed by atoms with van der Waals surface area (Å²) in [6.45, 7) is 5.48. The Morgan fingerprint density at radius 2 is 2.06 bits per heavy atom. The van der Waals surface area contributed by atoms with E-state index in [4.69, 9.17) is 0 Å². The molecule has 2 rings (SSSR count). The third kappa shape index (κ3) is 3.82. The van der Waals surface area contributed by atoms with E-state index in [1.807, 2.05) is 0 Å². The second-order valence-corrected chi connectivity index (χ2v) is 5.41. The predicted molar refractivity (Wildman–Crippen MR) is 75.6 cm³/mol. The van der Waals surface area contributed by atoms with Crippen LogP contribution in [0.3, 0.4) is 0 Å². The number of nitrogens with zero attached hydrogens (tertiary/aromatic N) is 1. The Morgan fingerprint density at radius 1 is 1.28 bits per heavy atom. The molecular formula is C16H25NO. The summed E-state index contributed by atoms with van der Waals surface area (Å²) in [6.07, 6.45) is 4.35. The molecule has 0 amide bonds. The van der Waals surface area contributed by atoms with E-state index in [1.165, 1.54) is 12.0 Å². The lowest BCUT2D eigenvalue weighted by atomic mass is 9.92. The molecule has 2 heteroatoms.